The summed E-state index contributed by atoms with van der Waals surface area (Å²) >= 11 is 6.50. The summed E-state index contributed by atoms with van der Waals surface area (Å²) in [5.74, 6) is -2.68. The third kappa shape index (κ3) is 3.54. The maximum Gasteiger partial charge on any atom is 0.331 e. The van der Waals surface area contributed by atoms with Gasteiger partial charge in [-0.05, 0) is 12.1 Å². The Hall–Kier alpha value is -2.45. The molecule has 1 fully saturated rings. The van der Waals surface area contributed by atoms with Crippen molar-refractivity contribution in [1.82, 2.24) is 9.80 Å². The molecule has 27 heavy (non-hydrogen) atoms. The fourth-order valence-corrected chi connectivity index (χ4v) is 3.20. The van der Waals surface area contributed by atoms with E-state index >= 15 is 0 Å². The van der Waals surface area contributed by atoms with Gasteiger partial charge in [0.15, 0.2) is 5.78 Å². The summed E-state index contributed by atoms with van der Waals surface area (Å²) in [4.78, 5) is 50.4. The van der Waals surface area contributed by atoms with Crippen molar-refractivity contribution in [3.63, 3.8) is 0 Å². The Morgan fingerprint density at radius 1 is 1.15 bits per heavy atom. The number of halogens is 1. The number of Topliss-reactive ketones (excluding diaryl/α,β-unsaturated/α-hetero) is 1. The molecule has 1 N–H and O–H groups in total. The van der Waals surface area contributed by atoms with Gasteiger partial charge < -0.3 is 10.1 Å². The van der Waals surface area contributed by atoms with E-state index in [4.69, 9.17) is 16.3 Å². The highest BCUT2D eigenvalue weighted by Crippen LogP contribution is 2.36. The molecular weight excluding hydrogens is 374 g/mol. The van der Waals surface area contributed by atoms with E-state index in [2.05, 4.69) is 5.32 Å². The number of urea groups is 1. The van der Waals surface area contributed by atoms with Crippen LogP contribution in [0, 0.1) is 5.41 Å². The highest BCUT2D eigenvalue weighted by molar-refractivity contribution is 6.50. The molecule has 1 saturated heterocycles. The van der Waals surface area contributed by atoms with Gasteiger partial charge in [0.2, 0.25) is 6.23 Å². The van der Waals surface area contributed by atoms with E-state index in [9.17, 15) is 19.2 Å². The molecule has 1 aliphatic heterocycles. The highest BCUT2D eigenvalue weighted by atomic mass is 35.5. The van der Waals surface area contributed by atoms with E-state index in [-0.39, 0.29) is 0 Å². The topological polar surface area (TPSA) is 96.0 Å². The van der Waals surface area contributed by atoms with Crippen LogP contribution >= 0.6 is 11.6 Å². The molecule has 0 spiro atoms. The average Bonchev–Trinajstić information content (AvgIpc) is 2.82. The molecule has 2 unspecified atom stereocenters. The van der Waals surface area contributed by atoms with Crippen LogP contribution in [0.3, 0.4) is 0 Å². The molecule has 0 bridgehead atoms. The normalized spacial score (nSPS) is 19.9. The number of nitrogens with one attached hydrogen (secondary N) is 1. The summed E-state index contributed by atoms with van der Waals surface area (Å²) in [6, 6.07) is 7.39. The molecule has 8 nitrogen and oxygen atoms in total. The number of ketones is 1. The largest absolute Gasteiger partial charge is 0.353 e. The second-order valence-corrected chi connectivity index (χ2v) is 7.72. The number of anilines is 1. The second kappa shape index (κ2) is 7.28. The van der Waals surface area contributed by atoms with Gasteiger partial charge in [-0.1, -0.05) is 50.6 Å². The van der Waals surface area contributed by atoms with Crippen molar-refractivity contribution in [1.29, 1.82) is 0 Å². The molecule has 2 atom stereocenters. The lowest BCUT2D eigenvalue weighted by molar-refractivity contribution is -0.150. The van der Waals surface area contributed by atoms with Crippen molar-refractivity contribution < 1.29 is 23.9 Å². The van der Waals surface area contributed by atoms with Crippen molar-refractivity contribution in [2.24, 2.45) is 5.41 Å². The predicted molar refractivity (Wildman–Crippen MR) is 98.9 cm³/mol. The zero-order valence-electron chi connectivity index (χ0n) is 15.8. The zero-order chi connectivity index (χ0) is 20.6. The lowest BCUT2D eigenvalue weighted by Gasteiger charge is -2.35. The molecule has 1 aromatic carbocycles. The van der Waals surface area contributed by atoms with Crippen LogP contribution in [0.1, 0.15) is 20.8 Å². The van der Waals surface area contributed by atoms with Gasteiger partial charge in [0.25, 0.3) is 16.8 Å². The lowest BCUT2D eigenvalue weighted by atomic mass is 9.85. The molecule has 1 aliphatic rings. The van der Waals surface area contributed by atoms with Crippen LogP contribution in [-0.4, -0.2) is 58.8 Å². The predicted octanol–water partition coefficient (Wildman–Crippen LogP) is 2.04. The molecule has 0 aromatic heterocycles. The van der Waals surface area contributed by atoms with Crippen LogP contribution in [0.4, 0.5) is 10.5 Å². The Bertz CT molecular complexity index is 777. The Labute approximate surface area is 162 Å². The third-order valence-corrected chi connectivity index (χ3v) is 4.63. The molecule has 0 saturated carbocycles. The first kappa shape index (κ1) is 20.9. The first-order valence-electron chi connectivity index (χ1n) is 8.20. The van der Waals surface area contributed by atoms with Gasteiger partial charge in [0.05, 0.1) is 0 Å². The van der Waals surface area contributed by atoms with Gasteiger partial charge in [-0.15, -0.1) is 0 Å². The van der Waals surface area contributed by atoms with Crippen molar-refractivity contribution in [3.05, 3.63) is 30.3 Å². The summed E-state index contributed by atoms with van der Waals surface area (Å²) in [7, 11) is 2.56. The number of rotatable bonds is 5. The quantitative estimate of drug-likeness (QED) is 0.356. The van der Waals surface area contributed by atoms with Crippen molar-refractivity contribution >= 4 is 40.9 Å². The van der Waals surface area contributed by atoms with Gasteiger partial charge in [0, 0.05) is 25.3 Å². The van der Waals surface area contributed by atoms with E-state index in [0.29, 0.717) is 10.6 Å². The number of imide groups is 1. The number of para-hydroxylation sites is 1. The minimum Gasteiger partial charge on any atom is -0.353 e. The number of hydrogen-bond acceptors (Lipinski definition) is 5. The summed E-state index contributed by atoms with van der Waals surface area (Å²) in [5, 5.41) is 2.50. The first-order valence-corrected chi connectivity index (χ1v) is 8.58. The summed E-state index contributed by atoms with van der Waals surface area (Å²) < 4.78 is 5.01. The Kier molecular flexibility index (Phi) is 5.63. The van der Waals surface area contributed by atoms with Gasteiger partial charge in [-0.2, -0.15) is 0 Å². The zero-order valence-corrected chi connectivity index (χ0v) is 16.5. The second-order valence-electron chi connectivity index (χ2n) is 7.18. The van der Waals surface area contributed by atoms with Gasteiger partial charge in [-0.25, -0.2) is 9.69 Å². The molecule has 1 aromatic rings. The van der Waals surface area contributed by atoms with Crippen LogP contribution < -0.4 is 5.32 Å². The van der Waals surface area contributed by atoms with Gasteiger partial charge >= 0.3 is 6.03 Å². The first-order chi connectivity index (χ1) is 12.5. The maximum absolute atomic E-state index is 13.1. The highest BCUT2D eigenvalue weighted by Gasteiger charge is 2.62. The van der Waals surface area contributed by atoms with E-state index in [1.807, 2.05) is 0 Å². The summed E-state index contributed by atoms with van der Waals surface area (Å²) in [6.45, 7) is 4.64. The van der Waals surface area contributed by atoms with E-state index < -0.39 is 40.3 Å². The molecule has 9 heteroatoms. The van der Waals surface area contributed by atoms with E-state index in [0.717, 1.165) is 4.90 Å². The molecular formula is C18H22ClN3O5. The Balaban J connectivity index is 2.54. The third-order valence-electron chi connectivity index (χ3n) is 4.12. The van der Waals surface area contributed by atoms with E-state index in [1.165, 1.54) is 14.2 Å². The van der Waals surface area contributed by atoms with Gasteiger partial charge in [-0.3, -0.25) is 19.3 Å². The Morgan fingerprint density at radius 3 is 2.15 bits per heavy atom. The SMILES string of the molecule is COC1C(=O)N(C(Cl)(C(=O)Nc2ccccc2)C(=O)C(C)(C)C)C(=O)N1C. The van der Waals surface area contributed by atoms with E-state index in [1.54, 1.807) is 51.1 Å². The standard InChI is InChI=1S/C18H22ClN3O5/c1-17(2,3)14(24)18(19,15(25)20-11-9-7-6-8-10-11)22-12(23)13(27-5)21(4)16(22)26/h6-10,13H,1-5H3,(H,20,25). The van der Waals surface area contributed by atoms with Gasteiger partial charge in [0.1, 0.15) is 0 Å². The van der Waals surface area contributed by atoms with Crippen molar-refractivity contribution in [2.45, 2.75) is 32.0 Å². The number of ether oxygens (including phenoxy) is 1. The van der Waals surface area contributed by atoms with Crippen LogP contribution in [0.2, 0.25) is 0 Å². The fourth-order valence-electron chi connectivity index (χ4n) is 2.71. The number of benzene rings is 1. The monoisotopic (exact) mass is 395 g/mol. The fraction of sp³-hybridized carbons (Fsp3) is 0.444. The van der Waals surface area contributed by atoms with Crippen LogP contribution in [0.15, 0.2) is 30.3 Å². The number of amides is 4. The number of nitrogens with zero attached hydrogens (tertiary/aromatic N) is 2. The number of likely N-dealkylation sites (N-methyl/N-ethyl adjacent to an activating group) is 1. The summed E-state index contributed by atoms with van der Waals surface area (Å²) in [6.07, 6.45) is -1.27. The van der Waals surface area contributed by atoms with Crippen LogP contribution in [0.25, 0.3) is 0 Å². The molecule has 2 rings (SSSR count). The summed E-state index contributed by atoms with van der Waals surface area (Å²) in [5.41, 5.74) is -0.745. The molecule has 0 aliphatic carbocycles. The number of carbonyl (C=O) groups is 4. The number of methoxy groups -OCH3 is 1. The van der Waals surface area contributed by atoms with Crippen LogP contribution in [0.5, 0.6) is 0 Å². The maximum atomic E-state index is 13.1. The molecule has 4 amide bonds. The number of alkyl halides is 1. The minimum atomic E-state index is -2.57. The average molecular weight is 396 g/mol. The Morgan fingerprint density at radius 2 is 1.70 bits per heavy atom. The van der Waals surface area contributed by atoms with Crippen LogP contribution in [-0.2, 0) is 19.1 Å². The minimum absolute atomic E-state index is 0.366. The lowest BCUT2D eigenvalue weighted by Crippen LogP contribution is -2.63. The molecule has 1 heterocycles. The molecule has 0 radical (unpaired) electrons. The van der Waals surface area contributed by atoms with Crippen molar-refractivity contribution in [2.75, 3.05) is 19.5 Å². The van der Waals surface area contributed by atoms with Crippen molar-refractivity contribution in [3.8, 4) is 0 Å². The smallest absolute Gasteiger partial charge is 0.331 e. The number of carbonyl (C=O) groups excluding carboxylic acids is 4. The number of hydrogen-bond donors (Lipinski definition) is 1. The molecule has 146 valence electrons.